The van der Waals surface area contributed by atoms with E-state index in [1.165, 1.54) is 43.4 Å². The molecule has 24 heavy (non-hydrogen) atoms. The van der Waals surface area contributed by atoms with Gasteiger partial charge >= 0.3 is 0 Å². The number of hydrogen-bond donors (Lipinski definition) is 2. The van der Waals surface area contributed by atoms with Crippen molar-refractivity contribution < 1.29 is 16.8 Å². The molecule has 0 heterocycles. The molecule has 130 valence electrons. The maximum Gasteiger partial charge on any atom is 0.263 e. The molecule has 0 amide bonds. The maximum atomic E-state index is 12.5. The van der Waals surface area contributed by atoms with Gasteiger partial charge in [0.25, 0.3) is 10.0 Å². The number of halogens is 2. The van der Waals surface area contributed by atoms with E-state index < -0.39 is 20.0 Å². The number of hydrogen-bond acceptors (Lipinski definition) is 4. The fourth-order valence-corrected chi connectivity index (χ4v) is 4.76. The minimum Gasteiger partial charge on any atom is -0.280 e. The quantitative estimate of drug-likeness (QED) is 0.794. The van der Waals surface area contributed by atoms with Gasteiger partial charge in [0.05, 0.1) is 15.6 Å². The molecule has 2 rings (SSSR count). The first-order valence-corrected chi connectivity index (χ1v) is 10.3. The zero-order valence-corrected chi connectivity index (χ0v) is 15.8. The molecule has 2 aromatic carbocycles. The Bertz CT molecular complexity index is 990. The first-order valence-electron chi connectivity index (χ1n) is 6.59. The SMILES string of the molecule is CNS(=O)(=O)c1cc(NS(=O)(=O)c2cc(Cl)ccc2Cl)ccc1C. The summed E-state index contributed by atoms with van der Waals surface area (Å²) >= 11 is 11.7. The number of benzene rings is 2. The van der Waals surface area contributed by atoms with Crippen LogP contribution in [0.3, 0.4) is 0 Å². The number of sulfonamides is 2. The molecule has 0 aliphatic heterocycles. The Balaban J connectivity index is 2.48. The highest BCUT2D eigenvalue weighted by atomic mass is 35.5. The molecule has 0 spiro atoms. The molecule has 10 heteroatoms. The third kappa shape index (κ3) is 4.01. The Morgan fingerprint density at radius 2 is 1.54 bits per heavy atom. The fraction of sp³-hybridized carbons (Fsp3) is 0.143. The average molecular weight is 409 g/mol. The first-order chi connectivity index (χ1) is 11.1. The van der Waals surface area contributed by atoms with E-state index in [1.54, 1.807) is 6.92 Å². The second-order valence-corrected chi connectivity index (χ2v) is 9.22. The summed E-state index contributed by atoms with van der Waals surface area (Å²) in [5.74, 6) is 0. The summed E-state index contributed by atoms with van der Waals surface area (Å²) in [5, 5.41) is 0.212. The summed E-state index contributed by atoms with van der Waals surface area (Å²) < 4.78 is 53.4. The smallest absolute Gasteiger partial charge is 0.263 e. The van der Waals surface area contributed by atoms with E-state index in [0.29, 0.717) is 5.56 Å². The highest BCUT2D eigenvalue weighted by Crippen LogP contribution is 2.28. The average Bonchev–Trinajstić information content (AvgIpc) is 2.51. The van der Waals surface area contributed by atoms with Crippen LogP contribution in [0.5, 0.6) is 0 Å². The van der Waals surface area contributed by atoms with E-state index in [1.807, 2.05) is 0 Å². The van der Waals surface area contributed by atoms with E-state index in [-0.39, 0.29) is 25.5 Å². The lowest BCUT2D eigenvalue weighted by molar-refractivity contribution is 0.587. The lowest BCUT2D eigenvalue weighted by atomic mass is 10.2. The van der Waals surface area contributed by atoms with Crippen LogP contribution in [0.25, 0.3) is 0 Å². The molecule has 0 atom stereocenters. The Hall–Kier alpha value is -1.32. The van der Waals surface area contributed by atoms with E-state index >= 15 is 0 Å². The van der Waals surface area contributed by atoms with Crippen molar-refractivity contribution in [3.05, 3.63) is 52.0 Å². The van der Waals surface area contributed by atoms with Gasteiger partial charge in [-0.3, -0.25) is 4.72 Å². The highest BCUT2D eigenvalue weighted by molar-refractivity contribution is 7.93. The Morgan fingerprint density at radius 1 is 0.875 bits per heavy atom. The van der Waals surface area contributed by atoms with Gasteiger partial charge in [-0.15, -0.1) is 0 Å². The predicted octanol–water partition coefficient (Wildman–Crippen LogP) is 3.01. The van der Waals surface area contributed by atoms with Crippen LogP contribution < -0.4 is 9.44 Å². The third-order valence-electron chi connectivity index (χ3n) is 3.18. The number of anilines is 1. The molecule has 0 aliphatic carbocycles. The van der Waals surface area contributed by atoms with Gasteiger partial charge in [-0.25, -0.2) is 21.6 Å². The highest BCUT2D eigenvalue weighted by Gasteiger charge is 2.21. The zero-order valence-electron chi connectivity index (χ0n) is 12.7. The Morgan fingerprint density at radius 3 is 2.17 bits per heavy atom. The molecular weight excluding hydrogens is 395 g/mol. The topological polar surface area (TPSA) is 92.3 Å². The minimum atomic E-state index is -4.03. The standard InChI is InChI=1S/C14H14Cl2N2O4S2/c1-9-3-5-11(8-13(9)23(19,20)17-2)18-24(21,22)14-7-10(15)4-6-12(14)16/h3-8,17-18H,1-2H3. The Labute approximate surface area is 150 Å². The zero-order chi connectivity index (χ0) is 18.1. The van der Waals surface area contributed by atoms with Crippen LogP contribution in [0.15, 0.2) is 46.2 Å². The van der Waals surface area contributed by atoms with Crippen LogP contribution in [-0.4, -0.2) is 23.9 Å². The molecule has 0 unspecified atom stereocenters. The fourth-order valence-electron chi connectivity index (χ4n) is 1.96. The molecule has 0 saturated heterocycles. The summed E-state index contributed by atoms with van der Waals surface area (Å²) in [6, 6.07) is 8.24. The van der Waals surface area contributed by atoms with Crippen LogP contribution in [-0.2, 0) is 20.0 Å². The summed E-state index contributed by atoms with van der Waals surface area (Å²) in [5.41, 5.74) is 0.568. The lowest BCUT2D eigenvalue weighted by Gasteiger charge is -2.12. The van der Waals surface area contributed by atoms with Gasteiger partial charge in [-0.2, -0.15) is 0 Å². The van der Waals surface area contributed by atoms with Crippen molar-refractivity contribution >= 4 is 48.9 Å². The molecule has 0 bridgehead atoms. The summed E-state index contributed by atoms with van der Waals surface area (Å²) in [6.45, 7) is 1.61. The molecule has 0 saturated carbocycles. The van der Waals surface area contributed by atoms with Crippen LogP contribution in [0.2, 0.25) is 10.0 Å². The molecular formula is C14H14Cl2N2O4S2. The van der Waals surface area contributed by atoms with Gasteiger partial charge in [0.1, 0.15) is 4.90 Å². The molecule has 0 aliphatic rings. The van der Waals surface area contributed by atoms with Crippen LogP contribution in [0.1, 0.15) is 5.56 Å². The lowest BCUT2D eigenvalue weighted by Crippen LogP contribution is -2.20. The largest absolute Gasteiger partial charge is 0.280 e. The monoisotopic (exact) mass is 408 g/mol. The summed E-state index contributed by atoms with van der Waals surface area (Å²) in [4.78, 5) is -0.224. The Kier molecular flexibility index (Phi) is 5.46. The predicted molar refractivity (Wildman–Crippen MR) is 94.7 cm³/mol. The van der Waals surface area contributed by atoms with Crippen molar-refractivity contribution in [3.8, 4) is 0 Å². The van der Waals surface area contributed by atoms with Gasteiger partial charge < -0.3 is 0 Å². The van der Waals surface area contributed by atoms with Gasteiger partial charge in [0.15, 0.2) is 0 Å². The normalized spacial score (nSPS) is 12.2. The van der Waals surface area contributed by atoms with Crippen LogP contribution in [0, 0.1) is 6.92 Å². The molecule has 2 N–H and O–H groups in total. The van der Waals surface area contributed by atoms with E-state index in [4.69, 9.17) is 23.2 Å². The maximum absolute atomic E-state index is 12.5. The van der Waals surface area contributed by atoms with Crippen molar-refractivity contribution in [2.45, 2.75) is 16.7 Å². The second-order valence-electron chi connectivity index (χ2n) is 4.87. The van der Waals surface area contributed by atoms with Gasteiger partial charge in [0, 0.05) is 5.02 Å². The van der Waals surface area contributed by atoms with Gasteiger partial charge in [-0.05, 0) is 49.9 Å². The summed E-state index contributed by atoms with van der Waals surface area (Å²) in [7, 11) is -6.47. The van der Waals surface area contributed by atoms with E-state index in [0.717, 1.165) is 0 Å². The van der Waals surface area contributed by atoms with E-state index in [2.05, 4.69) is 9.44 Å². The van der Waals surface area contributed by atoms with Crippen molar-refractivity contribution in [2.75, 3.05) is 11.8 Å². The molecule has 0 fully saturated rings. The molecule has 6 nitrogen and oxygen atoms in total. The van der Waals surface area contributed by atoms with E-state index in [9.17, 15) is 16.8 Å². The van der Waals surface area contributed by atoms with Crippen LogP contribution >= 0.6 is 23.2 Å². The molecule has 0 aromatic heterocycles. The molecule has 2 aromatic rings. The summed E-state index contributed by atoms with van der Waals surface area (Å²) in [6.07, 6.45) is 0. The number of rotatable bonds is 5. The number of aryl methyl sites for hydroxylation is 1. The van der Waals surface area contributed by atoms with Crippen LogP contribution in [0.4, 0.5) is 5.69 Å². The van der Waals surface area contributed by atoms with Crippen molar-refractivity contribution in [1.29, 1.82) is 0 Å². The molecule has 0 radical (unpaired) electrons. The number of nitrogens with one attached hydrogen (secondary N) is 2. The minimum absolute atomic E-state index is 0.00193. The van der Waals surface area contributed by atoms with Gasteiger partial charge in [0.2, 0.25) is 10.0 Å². The second kappa shape index (κ2) is 6.89. The van der Waals surface area contributed by atoms with Gasteiger partial charge in [-0.1, -0.05) is 29.3 Å². The first kappa shape index (κ1) is 19.0. The van der Waals surface area contributed by atoms with Crippen molar-refractivity contribution in [3.63, 3.8) is 0 Å². The van der Waals surface area contributed by atoms with Crippen molar-refractivity contribution in [1.82, 2.24) is 4.72 Å². The third-order valence-corrected chi connectivity index (χ3v) is 6.84. The van der Waals surface area contributed by atoms with Crippen molar-refractivity contribution in [2.24, 2.45) is 0 Å².